The first-order valence-electron chi connectivity index (χ1n) is 8.37. The zero-order chi connectivity index (χ0) is 21.0. The number of aromatic hydroxyl groups is 1. The van der Waals surface area contributed by atoms with E-state index < -0.39 is 0 Å². The molecule has 0 saturated carbocycles. The molecular formula is C21H17BrN2O4S. The van der Waals surface area contributed by atoms with Gasteiger partial charge in [0.1, 0.15) is 11.1 Å². The van der Waals surface area contributed by atoms with Gasteiger partial charge in [-0.05, 0) is 57.9 Å². The standard InChI is InChI=1S/C21H17BrN2O4S/c1-26-17-5-4-13(9-18(17)27-2)16-11-29-21(24-16)14(10-23)6-12-7-15(22)20(25)19(8-12)28-3/h4-9,11,25H,1-3H3/b14-6+. The number of rotatable bonds is 6. The fourth-order valence-corrected chi connectivity index (χ4v) is 3.92. The summed E-state index contributed by atoms with van der Waals surface area (Å²) >= 11 is 4.66. The third kappa shape index (κ3) is 4.36. The number of hydrogen-bond acceptors (Lipinski definition) is 7. The summed E-state index contributed by atoms with van der Waals surface area (Å²) in [5, 5.41) is 22.1. The predicted molar refractivity (Wildman–Crippen MR) is 116 cm³/mol. The number of halogens is 1. The molecule has 3 aromatic rings. The van der Waals surface area contributed by atoms with Crippen molar-refractivity contribution >= 4 is 38.9 Å². The quantitative estimate of drug-likeness (QED) is 0.485. The van der Waals surface area contributed by atoms with Crippen LogP contribution in [0.5, 0.6) is 23.0 Å². The van der Waals surface area contributed by atoms with E-state index in [4.69, 9.17) is 14.2 Å². The van der Waals surface area contributed by atoms with Gasteiger partial charge in [0.2, 0.25) is 0 Å². The van der Waals surface area contributed by atoms with Crippen LogP contribution in [-0.2, 0) is 0 Å². The predicted octanol–water partition coefficient (Wildman–Crippen LogP) is 5.37. The number of benzene rings is 2. The minimum atomic E-state index is 0.00754. The maximum atomic E-state index is 9.95. The molecule has 6 nitrogen and oxygen atoms in total. The van der Waals surface area contributed by atoms with Crippen molar-refractivity contribution in [2.75, 3.05) is 21.3 Å². The van der Waals surface area contributed by atoms with Crippen LogP contribution in [0.4, 0.5) is 0 Å². The van der Waals surface area contributed by atoms with Crippen molar-refractivity contribution in [1.82, 2.24) is 4.98 Å². The Balaban J connectivity index is 1.97. The molecule has 1 aromatic heterocycles. The van der Waals surface area contributed by atoms with Crippen LogP contribution in [0, 0.1) is 11.3 Å². The lowest BCUT2D eigenvalue weighted by Gasteiger charge is -2.08. The van der Waals surface area contributed by atoms with Gasteiger partial charge in [-0.1, -0.05) is 0 Å². The van der Waals surface area contributed by atoms with Gasteiger partial charge in [-0.3, -0.25) is 0 Å². The number of methoxy groups -OCH3 is 3. The van der Waals surface area contributed by atoms with Crippen LogP contribution in [0.25, 0.3) is 22.9 Å². The van der Waals surface area contributed by atoms with Gasteiger partial charge in [-0.15, -0.1) is 11.3 Å². The first-order chi connectivity index (χ1) is 14.0. The van der Waals surface area contributed by atoms with E-state index in [1.165, 1.54) is 18.4 Å². The van der Waals surface area contributed by atoms with Gasteiger partial charge in [0.05, 0.1) is 37.1 Å². The number of nitriles is 1. The van der Waals surface area contributed by atoms with E-state index in [0.29, 0.717) is 37.9 Å². The zero-order valence-electron chi connectivity index (χ0n) is 15.9. The molecule has 0 aliphatic carbocycles. The average Bonchev–Trinajstić information content (AvgIpc) is 3.23. The van der Waals surface area contributed by atoms with Gasteiger partial charge in [-0.25, -0.2) is 4.98 Å². The van der Waals surface area contributed by atoms with E-state index >= 15 is 0 Å². The number of aromatic nitrogens is 1. The molecule has 148 valence electrons. The molecule has 1 heterocycles. The van der Waals surface area contributed by atoms with Gasteiger partial charge in [-0.2, -0.15) is 5.26 Å². The summed E-state index contributed by atoms with van der Waals surface area (Å²) in [5.74, 6) is 1.56. The number of thiazole rings is 1. The molecule has 0 unspecified atom stereocenters. The lowest BCUT2D eigenvalue weighted by molar-refractivity contribution is 0.355. The number of allylic oxidation sites excluding steroid dienone is 1. The molecule has 0 radical (unpaired) electrons. The largest absolute Gasteiger partial charge is 0.503 e. The van der Waals surface area contributed by atoms with Gasteiger partial charge in [0.25, 0.3) is 0 Å². The second-order valence-electron chi connectivity index (χ2n) is 5.83. The normalized spacial score (nSPS) is 11.1. The van der Waals surface area contributed by atoms with Crippen LogP contribution < -0.4 is 14.2 Å². The summed E-state index contributed by atoms with van der Waals surface area (Å²) in [5.41, 5.74) is 2.69. The van der Waals surface area contributed by atoms with Crippen molar-refractivity contribution in [2.45, 2.75) is 0 Å². The van der Waals surface area contributed by atoms with Crippen molar-refractivity contribution in [3.05, 3.63) is 50.8 Å². The van der Waals surface area contributed by atoms with E-state index in [0.717, 1.165) is 11.3 Å². The van der Waals surface area contributed by atoms with Crippen molar-refractivity contribution in [2.24, 2.45) is 0 Å². The summed E-state index contributed by atoms with van der Waals surface area (Å²) in [7, 11) is 4.63. The Hall–Kier alpha value is -3.02. The monoisotopic (exact) mass is 472 g/mol. The molecule has 0 bridgehead atoms. The van der Waals surface area contributed by atoms with Gasteiger partial charge in [0, 0.05) is 10.9 Å². The van der Waals surface area contributed by atoms with Crippen LogP contribution in [0.2, 0.25) is 0 Å². The molecule has 2 aromatic carbocycles. The van der Waals surface area contributed by atoms with Crippen molar-refractivity contribution in [3.8, 4) is 40.3 Å². The Morgan fingerprint density at radius 3 is 2.48 bits per heavy atom. The molecule has 0 atom stereocenters. The lowest BCUT2D eigenvalue weighted by Crippen LogP contribution is -1.91. The molecule has 1 N–H and O–H groups in total. The van der Waals surface area contributed by atoms with Gasteiger partial charge < -0.3 is 19.3 Å². The van der Waals surface area contributed by atoms with Crippen LogP contribution in [-0.4, -0.2) is 31.4 Å². The number of ether oxygens (including phenoxy) is 3. The Bertz CT molecular complexity index is 1120. The molecule has 0 aliphatic heterocycles. The molecule has 0 amide bonds. The maximum Gasteiger partial charge on any atom is 0.172 e. The zero-order valence-corrected chi connectivity index (χ0v) is 18.3. The summed E-state index contributed by atoms with van der Waals surface area (Å²) in [6.07, 6.45) is 1.70. The smallest absolute Gasteiger partial charge is 0.172 e. The molecule has 0 spiro atoms. The first kappa shape index (κ1) is 20.7. The second kappa shape index (κ2) is 8.99. The van der Waals surface area contributed by atoms with E-state index in [-0.39, 0.29) is 5.75 Å². The van der Waals surface area contributed by atoms with Crippen LogP contribution in [0.1, 0.15) is 10.6 Å². The molecule has 3 rings (SSSR count). The third-order valence-corrected chi connectivity index (χ3v) is 5.60. The molecule has 0 saturated heterocycles. The summed E-state index contributed by atoms with van der Waals surface area (Å²) in [6, 6.07) is 11.1. The fourth-order valence-electron chi connectivity index (χ4n) is 2.67. The summed E-state index contributed by atoms with van der Waals surface area (Å²) in [4.78, 5) is 4.60. The van der Waals surface area contributed by atoms with Crippen molar-refractivity contribution in [3.63, 3.8) is 0 Å². The van der Waals surface area contributed by atoms with E-state index in [9.17, 15) is 10.4 Å². The Morgan fingerprint density at radius 1 is 1.10 bits per heavy atom. The number of phenolic OH excluding ortho intramolecular Hbond substituents is 1. The first-order valence-corrected chi connectivity index (χ1v) is 10.0. The van der Waals surface area contributed by atoms with Gasteiger partial charge >= 0.3 is 0 Å². The topological polar surface area (TPSA) is 84.6 Å². The van der Waals surface area contributed by atoms with E-state index in [1.807, 2.05) is 23.6 Å². The SMILES string of the molecule is COc1ccc(-c2csc(/C(C#N)=C/c3cc(Br)c(O)c(OC)c3)n2)cc1OC. The number of hydrogen-bond donors (Lipinski definition) is 1. The average molecular weight is 473 g/mol. The molecule has 8 heteroatoms. The number of phenols is 1. The van der Waals surface area contributed by atoms with Crippen LogP contribution in [0.3, 0.4) is 0 Å². The summed E-state index contributed by atoms with van der Waals surface area (Å²) in [6.45, 7) is 0. The Kier molecular flexibility index (Phi) is 6.42. The Labute approximate surface area is 180 Å². The highest BCUT2D eigenvalue weighted by Crippen LogP contribution is 2.37. The third-order valence-electron chi connectivity index (χ3n) is 4.12. The van der Waals surface area contributed by atoms with Crippen LogP contribution in [0.15, 0.2) is 40.2 Å². The van der Waals surface area contributed by atoms with Crippen molar-refractivity contribution < 1.29 is 19.3 Å². The fraction of sp³-hybridized carbons (Fsp3) is 0.143. The van der Waals surface area contributed by atoms with Gasteiger partial charge in [0.15, 0.2) is 23.0 Å². The second-order valence-corrected chi connectivity index (χ2v) is 7.54. The minimum absolute atomic E-state index is 0.00754. The van der Waals surface area contributed by atoms with Crippen LogP contribution >= 0.6 is 27.3 Å². The molecule has 29 heavy (non-hydrogen) atoms. The number of nitrogens with zero attached hydrogens (tertiary/aromatic N) is 2. The van der Waals surface area contributed by atoms with Crippen molar-refractivity contribution in [1.29, 1.82) is 5.26 Å². The molecule has 0 fully saturated rings. The summed E-state index contributed by atoms with van der Waals surface area (Å²) < 4.78 is 16.3. The highest BCUT2D eigenvalue weighted by Gasteiger charge is 2.13. The van der Waals surface area contributed by atoms with E-state index in [1.54, 1.807) is 32.4 Å². The Morgan fingerprint density at radius 2 is 1.83 bits per heavy atom. The molecule has 0 aliphatic rings. The molecular weight excluding hydrogens is 456 g/mol. The maximum absolute atomic E-state index is 9.95. The highest BCUT2D eigenvalue weighted by molar-refractivity contribution is 9.10. The minimum Gasteiger partial charge on any atom is -0.503 e. The lowest BCUT2D eigenvalue weighted by atomic mass is 10.1. The highest BCUT2D eigenvalue weighted by atomic mass is 79.9. The van der Waals surface area contributed by atoms with E-state index in [2.05, 4.69) is 27.0 Å².